The van der Waals surface area contributed by atoms with E-state index >= 15 is 0 Å². The van der Waals surface area contributed by atoms with Crippen molar-refractivity contribution in [3.05, 3.63) is 77.5 Å². The molecule has 0 saturated heterocycles. The van der Waals surface area contributed by atoms with Crippen LogP contribution in [0.1, 0.15) is 29.7 Å². The van der Waals surface area contributed by atoms with E-state index in [1.54, 1.807) is 16.4 Å². The first kappa shape index (κ1) is 18.0. The van der Waals surface area contributed by atoms with Crippen molar-refractivity contribution in [1.82, 2.24) is 8.87 Å². The predicted molar refractivity (Wildman–Crippen MR) is 109 cm³/mol. The highest BCUT2D eigenvalue weighted by Crippen LogP contribution is 2.40. The van der Waals surface area contributed by atoms with Crippen LogP contribution in [0, 0.1) is 6.92 Å². The molecular weight excluding hydrogens is 356 g/mol. The fourth-order valence-electron chi connectivity index (χ4n) is 4.03. The maximum Gasteiger partial charge on any atom is 0.243 e. The lowest BCUT2D eigenvalue weighted by Gasteiger charge is -2.33. The van der Waals surface area contributed by atoms with Crippen molar-refractivity contribution in [2.45, 2.75) is 31.2 Å². The zero-order valence-corrected chi connectivity index (χ0v) is 16.8. The van der Waals surface area contributed by atoms with Crippen molar-refractivity contribution >= 4 is 20.9 Å². The van der Waals surface area contributed by atoms with Gasteiger partial charge in [0.1, 0.15) is 0 Å². The lowest BCUT2D eigenvalue weighted by atomic mass is 9.88. The standard InChI is InChI=1S/C22H24N2O2S/c1-15(2)19-13-24(27(25,26)17-11-9-16(3)10-12-17)14-21-22(19)18-7-5-6-8-20(18)23(21)4/h5-12,19H,1,13-14H2,2-4H3/t19-/m1/s1. The van der Waals surface area contributed by atoms with Crippen LogP contribution in [0.5, 0.6) is 0 Å². The molecule has 0 bridgehead atoms. The van der Waals surface area contributed by atoms with Gasteiger partial charge in [0.05, 0.1) is 11.4 Å². The molecule has 0 spiro atoms. The Bertz CT molecular complexity index is 1140. The molecule has 0 N–H and O–H groups in total. The Balaban J connectivity index is 1.86. The summed E-state index contributed by atoms with van der Waals surface area (Å²) in [5.74, 6) is -0.0138. The lowest BCUT2D eigenvalue weighted by molar-refractivity contribution is 0.362. The second-order valence-corrected chi connectivity index (χ2v) is 9.38. The Labute approximate surface area is 160 Å². The molecule has 1 aromatic heterocycles. The Morgan fingerprint density at radius 2 is 1.78 bits per heavy atom. The Morgan fingerprint density at radius 1 is 1.11 bits per heavy atom. The summed E-state index contributed by atoms with van der Waals surface area (Å²) in [4.78, 5) is 0.343. The summed E-state index contributed by atoms with van der Waals surface area (Å²) >= 11 is 0. The van der Waals surface area contributed by atoms with Crippen molar-refractivity contribution < 1.29 is 8.42 Å². The summed E-state index contributed by atoms with van der Waals surface area (Å²) in [6, 6.07) is 15.3. The number of fused-ring (bicyclic) bond motifs is 3. The fraction of sp³-hybridized carbons (Fsp3) is 0.273. The van der Waals surface area contributed by atoms with Gasteiger partial charge in [-0.05, 0) is 37.6 Å². The van der Waals surface area contributed by atoms with Crippen molar-refractivity contribution in [3.8, 4) is 0 Å². The minimum atomic E-state index is -3.56. The first-order chi connectivity index (χ1) is 12.8. The lowest BCUT2D eigenvalue weighted by Crippen LogP contribution is -2.39. The van der Waals surface area contributed by atoms with E-state index in [0.717, 1.165) is 22.3 Å². The number of hydrogen-bond donors (Lipinski definition) is 0. The van der Waals surface area contributed by atoms with E-state index < -0.39 is 10.0 Å². The molecule has 0 saturated carbocycles. The highest BCUT2D eigenvalue weighted by atomic mass is 32.2. The van der Waals surface area contributed by atoms with Crippen LogP contribution < -0.4 is 0 Å². The molecule has 0 fully saturated rings. The Morgan fingerprint density at radius 3 is 2.44 bits per heavy atom. The van der Waals surface area contributed by atoms with Gasteiger partial charge in [-0.3, -0.25) is 0 Å². The van der Waals surface area contributed by atoms with Crippen LogP contribution in [0.3, 0.4) is 0 Å². The minimum Gasteiger partial charge on any atom is -0.346 e. The quantitative estimate of drug-likeness (QED) is 0.634. The summed E-state index contributed by atoms with van der Waals surface area (Å²) in [6.45, 7) is 8.90. The number of para-hydroxylation sites is 1. The van der Waals surface area contributed by atoms with E-state index in [4.69, 9.17) is 0 Å². The molecule has 27 heavy (non-hydrogen) atoms. The van der Waals surface area contributed by atoms with Crippen LogP contribution >= 0.6 is 0 Å². The molecule has 1 aliphatic rings. The maximum atomic E-state index is 13.3. The van der Waals surface area contributed by atoms with Gasteiger partial charge >= 0.3 is 0 Å². The van der Waals surface area contributed by atoms with Crippen LogP contribution in [0.15, 0.2) is 65.6 Å². The smallest absolute Gasteiger partial charge is 0.243 e. The summed E-state index contributed by atoms with van der Waals surface area (Å²) in [5.41, 5.74) is 5.42. The third-order valence-electron chi connectivity index (χ3n) is 5.59. The number of hydrogen-bond acceptors (Lipinski definition) is 2. The number of nitrogens with zero attached hydrogens (tertiary/aromatic N) is 2. The number of sulfonamides is 1. The molecule has 0 amide bonds. The summed E-state index contributed by atoms with van der Waals surface area (Å²) in [7, 11) is -1.55. The number of benzene rings is 2. The maximum absolute atomic E-state index is 13.3. The third kappa shape index (κ3) is 2.82. The first-order valence-electron chi connectivity index (χ1n) is 9.09. The number of rotatable bonds is 3. The zero-order chi connectivity index (χ0) is 19.3. The van der Waals surface area contributed by atoms with E-state index in [1.807, 2.05) is 45.2 Å². The van der Waals surface area contributed by atoms with Crippen LogP contribution in [-0.2, 0) is 23.6 Å². The van der Waals surface area contributed by atoms with E-state index in [0.29, 0.717) is 18.0 Å². The topological polar surface area (TPSA) is 42.3 Å². The highest BCUT2D eigenvalue weighted by molar-refractivity contribution is 7.89. The molecule has 0 unspecified atom stereocenters. The molecule has 0 aliphatic carbocycles. The molecule has 140 valence electrons. The first-order valence-corrected chi connectivity index (χ1v) is 10.5. The molecule has 4 nitrogen and oxygen atoms in total. The molecule has 2 aromatic carbocycles. The zero-order valence-electron chi connectivity index (χ0n) is 15.9. The summed E-state index contributed by atoms with van der Waals surface area (Å²) < 4.78 is 30.3. The van der Waals surface area contributed by atoms with Gasteiger partial charge in [0.25, 0.3) is 0 Å². The fourth-order valence-corrected chi connectivity index (χ4v) is 5.44. The Hall–Kier alpha value is -2.37. The van der Waals surface area contributed by atoms with Gasteiger partial charge in [-0.2, -0.15) is 4.31 Å². The van der Waals surface area contributed by atoms with Crippen LogP contribution in [0.2, 0.25) is 0 Å². The molecule has 1 aliphatic heterocycles. The Kier molecular flexibility index (Phi) is 4.24. The largest absolute Gasteiger partial charge is 0.346 e. The predicted octanol–water partition coefficient (Wildman–Crippen LogP) is 4.35. The normalized spacial score (nSPS) is 17.8. The molecule has 4 rings (SSSR count). The van der Waals surface area contributed by atoms with Gasteiger partial charge < -0.3 is 4.57 Å². The number of aromatic nitrogens is 1. The molecule has 1 atom stereocenters. The average molecular weight is 381 g/mol. The monoisotopic (exact) mass is 380 g/mol. The molecule has 3 aromatic rings. The number of aryl methyl sites for hydroxylation is 2. The van der Waals surface area contributed by atoms with E-state index in [9.17, 15) is 8.42 Å². The summed E-state index contributed by atoms with van der Waals surface area (Å²) in [6.07, 6.45) is 0. The van der Waals surface area contributed by atoms with Crippen molar-refractivity contribution in [1.29, 1.82) is 0 Å². The van der Waals surface area contributed by atoms with Gasteiger partial charge in [0, 0.05) is 36.1 Å². The van der Waals surface area contributed by atoms with Crippen LogP contribution in [-0.4, -0.2) is 23.8 Å². The second-order valence-electron chi connectivity index (χ2n) is 7.45. The van der Waals surface area contributed by atoms with Crippen LogP contribution in [0.25, 0.3) is 10.9 Å². The van der Waals surface area contributed by atoms with Crippen molar-refractivity contribution in [3.63, 3.8) is 0 Å². The van der Waals surface area contributed by atoms with Gasteiger partial charge in [-0.1, -0.05) is 48.0 Å². The molecule has 0 radical (unpaired) electrons. The minimum absolute atomic E-state index is 0.0138. The van der Waals surface area contributed by atoms with E-state index in [1.165, 1.54) is 10.9 Å². The van der Waals surface area contributed by atoms with Gasteiger partial charge in [-0.15, -0.1) is 0 Å². The summed E-state index contributed by atoms with van der Waals surface area (Å²) in [5, 5.41) is 1.19. The average Bonchev–Trinajstić information content (AvgIpc) is 2.94. The van der Waals surface area contributed by atoms with E-state index in [-0.39, 0.29) is 5.92 Å². The SMILES string of the molecule is C=C(C)[C@H]1CN(S(=O)(=O)c2ccc(C)cc2)Cc2c1c1ccccc1n2C. The van der Waals surface area contributed by atoms with Crippen molar-refractivity contribution in [2.75, 3.05) is 6.54 Å². The van der Waals surface area contributed by atoms with Gasteiger partial charge in [-0.25, -0.2) is 8.42 Å². The third-order valence-corrected chi connectivity index (χ3v) is 7.41. The molecule has 5 heteroatoms. The van der Waals surface area contributed by atoms with Crippen LogP contribution in [0.4, 0.5) is 0 Å². The van der Waals surface area contributed by atoms with Gasteiger partial charge in [0.15, 0.2) is 0 Å². The highest BCUT2D eigenvalue weighted by Gasteiger charge is 2.36. The second kappa shape index (κ2) is 6.36. The van der Waals surface area contributed by atoms with E-state index in [2.05, 4.69) is 23.3 Å². The van der Waals surface area contributed by atoms with Crippen molar-refractivity contribution in [2.24, 2.45) is 7.05 Å². The van der Waals surface area contributed by atoms with Gasteiger partial charge in [0.2, 0.25) is 10.0 Å². The molecule has 2 heterocycles. The molecular formula is C22H24N2O2S.